The zero-order valence-corrected chi connectivity index (χ0v) is 13.7. The number of hydrogen-bond acceptors (Lipinski definition) is 3. The van der Waals surface area contributed by atoms with Crippen LogP contribution in [0.2, 0.25) is 0 Å². The topological polar surface area (TPSA) is 39.9 Å². The average molecular weight is 372 g/mol. The maximum Gasteiger partial charge on any atom is 0.394 e. The van der Waals surface area contributed by atoms with Crippen LogP contribution in [0.4, 0.5) is 8.78 Å². The first-order valence-electron chi connectivity index (χ1n) is 7.19. The van der Waals surface area contributed by atoms with Crippen molar-refractivity contribution in [1.82, 2.24) is 14.8 Å². The van der Waals surface area contributed by atoms with Gasteiger partial charge in [-0.05, 0) is 52.5 Å². The Balaban J connectivity index is 1.77. The van der Waals surface area contributed by atoms with Gasteiger partial charge in [0.25, 0.3) is 0 Å². The summed E-state index contributed by atoms with van der Waals surface area (Å²) in [7, 11) is 0. The van der Waals surface area contributed by atoms with Gasteiger partial charge in [0, 0.05) is 13.3 Å². The Morgan fingerprint density at radius 1 is 1.32 bits per heavy atom. The van der Waals surface area contributed by atoms with Crippen molar-refractivity contribution in [3.63, 3.8) is 0 Å². The van der Waals surface area contributed by atoms with Gasteiger partial charge in [-0.3, -0.25) is 0 Å². The Hall–Kier alpha value is -1.50. The fourth-order valence-electron chi connectivity index (χ4n) is 2.29. The molecule has 22 heavy (non-hydrogen) atoms. The molecule has 7 heteroatoms. The summed E-state index contributed by atoms with van der Waals surface area (Å²) < 4.78 is 32.4. The van der Waals surface area contributed by atoms with E-state index in [0.717, 1.165) is 30.3 Å². The van der Waals surface area contributed by atoms with Gasteiger partial charge in [-0.2, -0.15) is 8.78 Å². The second-order valence-corrected chi connectivity index (χ2v) is 6.30. The van der Waals surface area contributed by atoms with Crippen LogP contribution in [0.3, 0.4) is 0 Å². The summed E-state index contributed by atoms with van der Waals surface area (Å²) in [4.78, 5) is 4.39. The maximum absolute atomic E-state index is 12.8. The molecule has 1 fully saturated rings. The standard InChI is InChI=1S/C15H16BrF2N3O/c1-15(17,18)22-12-7-5-11(6-8-12)21-13(19-14(16)20-21)9-4-10-2-3-10/h5-8,10H,2-4,9H2,1H3. The average Bonchev–Trinajstić information content (AvgIpc) is 3.18. The number of hydrogen-bond donors (Lipinski definition) is 0. The summed E-state index contributed by atoms with van der Waals surface area (Å²) in [5.74, 6) is 1.80. The van der Waals surface area contributed by atoms with E-state index in [-0.39, 0.29) is 5.75 Å². The minimum absolute atomic E-state index is 0.120. The molecule has 0 atom stereocenters. The highest BCUT2D eigenvalue weighted by atomic mass is 79.9. The van der Waals surface area contributed by atoms with Crippen LogP contribution < -0.4 is 4.74 Å². The second-order valence-electron chi connectivity index (χ2n) is 5.59. The molecule has 1 aromatic carbocycles. The van der Waals surface area contributed by atoms with E-state index in [4.69, 9.17) is 0 Å². The SMILES string of the molecule is CC(F)(F)Oc1ccc(-n2nc(Br)nc2CCC2CC2)cc1. The summed E-state index contributed by atoms with van der Waals surface area (Å²) in [5.41, 5.74) is 0.774. The third-order valence-electron chi connectivity index (χ3n) is 3.50. The highest BCUT2D eigenvalue weighted by Crippen LogP contribution is 2.33. The minimum Gasteiger partial charge on any atom is -0.433 e. The van der Waals surface area contributed by atoms with Crippen LogP contribution in [-0.4, -0.2) is 20.9 Å². The van der Waals surface area contributed by atoms with Crippen LogP contribution in [0.5, 0.6) is 5.75 Å². The maximum atomic E-state index is 12.8. The third-order valence-corrected chi connectivity index (χ3v) is 3.84. The van der Waals surface area contributed by atoms with Crippen molar-refractivity contribution in [1.29, 1.82) is 0 Å². The van der Waals surface area contributed by atoms with Crippen LogP contribution in [0.25, 0.3) is 5.69 Å². The lowest BCUT2D eigenvalue weighted by molar-refractivity contribution is -0.158. The molecular formula is C15H16BrF2N3O. The summed E-state index contributed by atoms with van der Waals surface area (Å²) in [5, 5.41) is 4.32. The number of alkyl halides is 2. The molecular weight excluding hydrogens is 356 g/mol. The molecule has 1 aliphatic carbocycles. The van der Waals surface area contributed by atoms with Crippen molar-refractivity contribution >= 4 is 15.9 Å². The Kier molecular flexibility index (Phi) is 4.16. The monoisotopic (exact) mass is 371 g/mol. The quantitative estimate of drug-likeness (QED) is 0.756. The number of aryl methyl sites for hydroxylation is 1. The molecule has 0 unspecified atom stereocenters. The number of aromatic nitrogens is 3. The minimum atomic E-state index is -3.19. The van der Waals surface area contributed by atoms with Gasteiger partial charge in [0.2, 0.25) is 4.73 Å². The molecule has 0 spiro atoms. The van der Waals surface area contributed by atoms with E-state index >= 15 is 0 Å². The van der Waals surface area contributed by atoms with E-state index in [1.165, 1.54) is 25.0 Å². The van der Waals surface area contributed by atoms with E-state index in [0.29, 0.717) is 11.7 Å². The number of halogens is 3. The summed E-state index contributed by atoms with van der Waals surface area (Å²) >= 11 is 3.29. The van der Waals surface area contributed by atoms with Gasteiger partial charge in [-0.25, -0.2) is 9.67 Å². The van der Waals surface area contributed by atoms with Gasteiger partial charge < -0.3 is 4.74 Å². The number of nitrogens with zero attached hydrogens (tertiary/aromatic N) is 3. The molecule has 0 N–H and O–H groups in total. The molecule has 2 aromatic rings. The Morgan fingerprint density at radius 2 is 2.00 bits per heavy atom. The second kappa shape index (κ2) is 5.95. The Morgan fingerprint density at radius 3 is 2.59 bits per heavy atom. The fourth-order valence-corrected chi connectivity index (χ4v) is 2.65. The summed E-state index contributed by atoms with van der Waals surface area (Å²) in [6, 6.07) is 6.41. The summed E-state index contributed by atoms with van der Waals surface area (Å²) in [6.07, 6.45) is 1.37. The van der Waals surface area contributed by atoms with Crippen molar-refractivity contribution in [2.75, 3.05) is 0 Å². The predicted molar refractivity (Wildman–Crippen MR) is 81.4 cm³/mol. The molecule has 0 bridgehead atoms. The highest BCUT2D eigenvalue weighted by molar-refractivity contribution is 9.10. The van der Waals surface area contributed by atoms with E-state index in [1.807, 2.05) is 0 Å². The first-order valence-corrected chi connectivity index (χ1v) is 7.99. The van der Waals surface area contributed by atoms with Gasteiger partial charge in [0.15, 0.2) is 0 Å². The van der Waals surface area contributed by atoms with Gasteiger partial charge in [-0.15, -0.1) is 5.10 Å². The Labute approximate surface area is 135 Å². The van der Waals surface area contributed by atoms with E-state index in [9.17, 15) is 8.78 Å². The van der Waals surface area contributed by atoms with Gasteiger partial charge >= 0.3 is 6.11 Å². The van der Waals surface area contributed by atoms with Crippen LogP contribution in [-0.2, 0) is 6.42 Å². The first-order chi connectivity index (χ1) is 10.4. The molecule has 0 radical (unpaired) electrons. The molecule has 0 saturated heterocycles. The van der Waals surface area contributed by atoms with Crippen LogP contribution >= 0.6 is 15.9 Å². The highest BCUT2D eigenvalue weighted by Gasteiger charge is 2.24. The molecule has 1 saturated carbocycles. The van der Waals surface area contributed by atoms with Gasteiger partial charge in [-0.1, -0.05) is 12.8 Å². The third kappa shape index (κ3) is 4.03. The van der Waals surface area contributed by atoms with Crippen molar-refractivity contribution in [3.8, 4) is 11.4 Å². The lowest BCUT2D eigenvalue weighted by Crippen LogP contribution is -2.19. The predicted octanol–water partition coefficient (Wildman–Crippen LogP) is 4.36. The molecule has 0 aliphatic heterocycles. The van der Waals surface area contributed by atoms with E-state index < -0.39 is 6.11 Å². The van der Waals surface area contributed by atoms with Gasteiger partial charge in [0.1, 0.15) is 11.6 Å². The molecule has 0 amide bonds. The largest absolute Gasteiger partial charge is 0.433 e. The lowest BCUT2D eigenvalue weighted by Gasteiger charge is -2.13. The zero-order chi connectivity index (χ0) is 15.7. The molecule has 1 aliphatic rings. The Bertz CT molecular complexity index is 648. The number of rotatable bonds is 6. The first kappa shape index (κ1) is 15.4. The lowest BCUT2D eigenvalue weighted by atomic mass is 10.2. The van der Waals surface area contributed by atoms with Crippen molar-refractivity contribution in [2.45, 2.75) is 38.7 Å². The normalized spacial score (nSPS) is 15.1. The van der Waals surface area contributed by atoms with Crippen LogP contribution in [0.1, 0.15) is 32.0 Å². The molecule has 1 aromatic heterocycles. The zero-order valence-electron chi connectivity index (χ0n) is 12.1. The van der Waals surface area contributed by atoms with Crippen LogP contribution in [0.15, 0.2) is 29.0 Å². The van der Waals surface area contributed by atoms with Crippen molar-refractivity contribution in [3.05, 3.63) is 34.8 Å². The number of ether oxygens (including phenoxy) is 1. The molecule has 4 nitrogen and oxygen atoms in total. The smallest absolute Gasteiger partial charge is 0.394 e. The fraction of sp³-hybridized carbons (Fsp3) is 0.467. The summed E-state index contributed by atoms with van der Waals surface area (Å²) in [6.45, 7) is 0.714. The number of benzene rings is 1. The van der Waals surface area contributed by atoms with Crippen molar-refractivity contribution < 1.29 is 13.5 Å². The van der Waals surface area contributed by atoms with Crippen molar-refractivity contribution in [2.24, 2.45) is 5.92 Å². The molecule has 1 heterocycles. The van der Waals surface area contributed by atoms with Gasteiger partial charge in [0.05, 0.1) is 5.69 Å². The van der Waals surface area contributed by atoms with E-state index in [2.05, 4.69) is 30.7 Å². The van der Waals surface area contributed by atoms with Crippen LogP contribution in [0, 0.1) is 5.92 Å². The molecule has 3 rings (SSSR count). The molecule has 118 valence electrons. The van der Waals surface area contributed by atoms with E-state index in [1.54, 1.807) is 16.8 Å².